The summed E-state index contributed by atoms with van der Waals surface area (Å²) >= 11 is 0. The van der Waals surface area contributed by atoms with Gasteiger partial charge in [-0.1, -0.05) is 12.1 Å². The van der Waals surface area contributed by atoms with Crippen molar-refractivity contribution in [1.82, 2.24) is 10.2 Å². The predicted octanol–water partition coefficient (Wildman–Crippen LogP) is 3.41. The summed E-state index contributed by atoms with van der Waals surface area (Å²) < 4.78 is 12.9. The molecule has 2 aromatic carbocycles. The highest BCUT2D eigenvalue weighted by atomic mass is 19.1. The van der Waals surface area contributed by atoms with Gasteiger partial charge in [-0.2, -0.15) is 5.26 Å². The van der Waals surface area contributed by atoms with Gasteiger partial charge < -0.3 is 10.6 Å². The molecule has 26 heavy (non-hydrogen) atoms. The Bertz CT molecular complexity index is 932. The molecule has 0 bridgehead atoms. The lowest BCUT2D eigenvalue weighted by Gasteiger charge is -2.07. The average molecular weight is 347 g/mol. The molecule has 0 radical (unpaired) electrons. The van der Waals surface area contributed by atoms with Crippen LogP contribution in [0.2, 0.25) is 0 Å². The van der Waals surface area contributed by atoms with Crippen LogP contribution in [0.25, 0.3) is 0 Å². The van der Waals surface area contributed by atoms with E-state index in [2.05, 4.69) is 20.8 Å². The Morgan fingerprint density at radius 1 is 0.962 bits per heavy atom. The van der Waals surface area contributed by atoms with Crippen LogP contribution in [0.1, 0.15) is 11.1 Å². The molecule has 128 valence electrons. The molecule has 0 aliphatic carbocycles. The van der Waals surface area contributed by atoms with Crippen molar-refractivity contribution in [2.24, 2.45) is 0 Å². The van der Waals surface area contributed by atoms with Crippen molar-refractivity contribution in [3.8, 4) is 6.07 Å². The summed E-state index contributed by atoms with van der Waals surface area (Å²) in [6.45, 7) is 0. The first kappa shape index (κ1) is 17.0. The van der Waals surface area contributed by atoms with Crippen molar-refractivity contribution in [2.45, 2.75) is 6.42 Å². The molecule has 3 rings (SSSR count). The van der Waals surface area contributed by atoms with Crippen LogP contribution >= 0.6 is 0 Å². The maximum Gasteiger partial charge on any atom is 0.229 e. The molecule has 0 spiro atoms. The second-order valence-electron chi connectivity index (χ2n) is 5.47. The van der Waals surface area contributed by atoms with Crippen LogP contribution in [0, 0.1) is 17.1 Å². The first-order valence-electron chi connectivity index (χ1n) is 7.77. The molecule has 0 saturated heterocycles. The number of aromatic nitrogens is 2. The van der Waals surface area contributed by atoms with Crippen LogP contribution in [0.4, 0.5) is 21.7 Å². The fourth-order valence-corrected chi connectivity index (χ4v) is 2.22. The van der Waals surface area contributed by atoms with Gasteiger partial charge in [0, 0.05) is 5.69 Å². The molecule has 1 heterocycles. The third kappa shape index (κ3) is 4.61. The summed E-state index contributed by atoms with van der Waals surface area (Å²) in [4.78, 5) is 12.0. The molecule has 1 aromatic heterocycles. The van der Waals surface area contributed by atoms with E-state index in [1.807, 2.05) is 6.07 Å². The normalized spacial score (nSPS) is 10.0. The highest BCUT2D eigenvalue weighted by molar-refractivity contribution is 5.91. The molecule has 0 fully saturated rings. The molecule has 0 aliphatic heterocycles. The van der Waals surface area contributed by atoms with Crippen LogP contribution in [0.3, 0.4) is 0 Å². The Kier molecular flexibility index (Phi) is 5.15. The van der Waals surface area contributed by atoms with Crippen molar-refractivity contribution in [1.29, 1.82) is 5.26 Å². The predicted molar refractivity (Wildman–Crippen MR) is 95.2 cm³/mol. The Balaban J connectivity index is 1.57. The van der Waals surface area contributed by atoms with Gasteiger partial charge in [-0.3, -0.25) is 4.79 Å². The maximum atomic E-state index is 12.9. The van der Waals surface area contributed by atoms with Gasteiger partial charge in [0.15, 0.2) is 11.6 Å². The van der Waals surface area contributed by atoms with Gasteiger partial charge in [-0.15, -0.1) is 10.2 Å². The Morgan fingerprint density at radius 2 is 1.62 bits per heavy atom. The molecule has 0 atom stereocenters. The first-order valence-corrected chi connectivity index (χ1v) is 7.77. The summed E-state index contributed by atoms with van der Waals surface area (Å²) in [6, 6.07) is 18.0. The number of benzene rings is 2. The zero-order valence-corrected chi connectivity index (χ0v) is 13.6. The van der Waals surface area contributed by atoms with E-state index in [1.54, 1.807) is 48.5 Å². The average Bonchev–Trinajstić information content (AvgIpc) is 2.66. The molecule has 7 heteroatoms. The lowest BCUT2D eigenvalue weighted by Crippen LogP contribution is -2.15. The van der Waals surface area contributed by atoms with Gasteiger partial charge in [0.2, 0.25) is 5.91 Å². The number of nitrogens with one attached hydrogen (secondary N) is 2. The molecule has 6 nitrogen and oxygen atoms in total. The van der Waals surface area contributed by atoms with Crippen LogP contribution in [-0.2, 0) is 11.2 Å². The number of carbonyl (C=O) groups excluding carboxylic acids is 1. The van der Waals surface area contributed by atoms with Gasteiger partial charge in [0.1, 0.15) is 5.82 Å². The Labute approximate surface area is 149 Å². The number of hydrogen-bond donors (Lipinski definition) is 2. The van der Waals surface area contributed by atoms with E-state index in [0.717, 1.165) is 5.69 Å². The third-order valence-electron chi connectivity index (χ3n) is 3.50. The van der Waals surface area contributed by atoms with Crippen LogP contribution < -0.4 is 10.6 Å². The number of carbonyl (C=O) groups is 1. The van der Waals surface area contributed by atoms with Crippen molar-refractivity contribution in [3.05, 3.63) is 77.6 Å². The van der Waals surface area contributed by atoms with E-state index in [-0.39, 0.29) is 18.1 Å². The van der Waals surface area contributed by atoms with Gasteiger partial charge in [0.25, 0.3) is 0 Å². The zero-order valence-electron chi connectivity index (χ0n) is 13.6. The number of anilines is 3. The molecule has 0 aliphatic rings. The summed E-state index contributed by atoms with van der Waals surface area (Å²) in [7, 11) is 0. The minimum atomic E-state index is -0.342. The number of amides is 1. The lowest BCUT2D eigenvalue weighted by atomic mass is 10.1. The second-order valence-corrected chi connectivity index (χ2v) is 5.47. The van der Waals surface area contributed by atoms with E-state index >= 15 is 0 Å². The first-order chi connectivity index (χ1) is 12.6. The van der Waals surface area contributed by atoms with Crippen molar-refractivity contribution >= 4 is 23.2 Å². The fourth-order valence-electron chi connectivity index (χ4n) is 2.22. The summed E-state index contributed by atoms with van der Waals surface area (Å²) in [5.41, 5.74) is 2.04. The summed E-state index contributed by atoms with van der Waals surface area (Å²) in [6.07, 6.45) is 0.118. The largest absolute Gasteiger partial charge is 0.339 e. The monoisotopic (exact) mass is 347 g/mol. The maximum absolute atomic E-state index is 12.9. The van der Waals surface area contributed by atoms with Crippen LogP contribution in [-0.4, -0.2) is 16.1 Å². The number of hydrogen-bond acceptors (Lipinski definition) is 5. The van der Waals surface area contributed by atoms with E-state index < -0.39 is 0 Å². The molecule has 1 amide bonds. The minimum Gasteiger partial charge on any atom is -0.339 e. The number of nitriles is 1. The highest BCUT2D eigenvalue weighted by Gasteiger charge is 2.06. The molecule has 0 saturated carbocycles. The second kappa shape index (κ2) is 7.85. The fraction of sp³-hybridized carbons (Fsp3) is 0.0526. The van der Waals surface area contributed by atoms with Crippen LogP contribution in [0.5, 0.6) is 0 Å². The van der Waals surface area contributed by atoms with Crippen molar-refractivity contribution < 1.29 is 9.18 Å². The zero-order chi connectivity index (χ0) is 18.4. The van der Waals surface area contributed by atoms with Gasteiger partial charge in [0.05, 0.1) is 18.1 Å². The summed E-state index contributed by atoms with van der Waals surface area (Å²) in [5.74, 6) is 0.220. The highest BCUT2D eigenvalue weighted by Crippen LogP contribution is 2.15. The third-order valence-corrected chi connectivity index (χ3v) is 3.50. The summed E-state index contributed by atoms with van der Waals surface area (Å²) in [5, 5.41) is 22.4. The van der Waals surface area contributed by atoms with Gasteiger partial charge >= 0.3 is 0 Å². The van der Waals surface area contributed by atoms with E-state index in [0.29, 0.717) is 22.8 Å². The van der Waals surface area contributed by atoms with E-state index in [4.69, 9.17) is 5.26 Å². The molecular formula is C19H14FN5O. The molecule has 2 N–H and O–H groups in total. The number of halogens is 1. The molecule has 0 unspecified atom stereocenters. The number of rotatable bonds is 5. The van der Waals surface area contributed by atoms with E-state index in [1.165, 1.54) is 12.1 Å². The topological polar surface area (TPSA) is 90.7 Å². The molecular weight excluding hydrogens is 333 g/mol. The Hall–Kier alpha value is -3.79. The Morgan fingerprint density at radius 3 is 2.23 bits per heavy atom. The van der Waals surface area contributed by atoms with Gasteiger partial charge in [-0.05, 0) is 54.1 Å². The number of nitrogens with zero attached hydrogens (tertiary/aromatic N) is 3. The van der Waals surface area contributed by atoms with Gasteiger partial charge in [-0.25, -0.2) is 4.39 Å². The quantitative estimate of drug-likeness (QED) is 0.738. The van der Waals surface area contributed by atoms with Crippen molar-refractivity contribution in [2.75, 3.05) is 10.6 Å². The lowest BCUT2D eigenvalue weighted by molar-refractivity contribution is -0.115. The van der Waals surface area contributed by atoms with E-state index in [9.17, 15) is 9.18 Å². The van der Waals surface area contributed by atoms with Crippen LogP contribution in [0.15, 0.2) is 60.7 Å². The minimum absolute atomic E-state index is 0.118. The molecule has 3 aromatic rings. The smallest absolute Gasteiger partial charge is 0.229 e. The van der Waals surface area contributed by atoms with Crippen molar-refractivity contribution in [3.63, 3.8) is 0 Å². The SMILES string of the molecule is N#Cc1ccc(Nc2ccc(NC(=O)Cc3ccc(F)cc3)nn2)cc1. The standard InChI is InChI=1S/C19H14FN5O/c20-15-5-1-13(2-6-15)11-19(26)23-18-10-9-17(24-25-18)22-16-7-3-14(12-21)4-8-16/h1-10H,11H2,(H,22,24)(H,23,25,26).